The summed E-state index contributed by atoms with van der Waals surface area (Å²) in [6.45, 7) is 5.71. The number of carbonyl (C=O) groups excluding carboxylic acids is 2. The molecule has 2 rings (SSSR count). The number of nitrogens with one attached hydrogen (secondary N) is 1. The molecule has 2 aromatic rings. The van der Waals surface area contributed by atoms with E-state index in [0.717, 1.165) is 20.6 Å². The molecule has 10 heteroatoms. The Morgan fingerprint density at radius 2 is 1.67 bits per heavy atom. The largest absolute Gasteiger partial charge is 0.354 e. The van der Waals surface area contributed by atoms with Crippen molar-refractivity contribution in [3.63, 3.8) is 0 Å². The molecule has 0 spiro atoms. The maximum atomic E-state index is 13.4. The number of carbonyl (C=O) groups is 2. The quantitative estimate of drug-likeness (QED) is 0.477. The second kappa shape index (κ2) is 11.9. The molecule has 1 N–H and O–H groups in total. The Hall–Kier alpha value is -2.10. The summed E-state index contributed by atoms with van der Waals surface area (Å²) in [6.07, 6.45) is 1.02. The smallest absolute Gasteiger partial charge is 0.244 e. The third-order valence-electron chi connectivity index (χ3n) is 4.92. The molecule has 7 nitrogen and oxygen atoms in total. The van der Waals surface area contributed by atoms with Crippen LogP contribution in [0.3, 0.4) is 0 Å². The molecule has 0 bridgehead atoms. The van der Waals surface area contributed by atoms with Gasteiger partial charge in [-0.2, -0.15) is 0 Å². The number of hydrogen-bond donors (Lipinski definition) is 1. The summed E-state index contributed by atoms with van der Waals surface area (Å²) in [5, 5.41) is 3.05. The van der Waals surface area contributed by atoms with E-state index in [9.17, 15) is 18.0 Å². The zero-order chi connectivity index (χ0) is 24.8. The monoisotopic (exact) mass is 557 g/mol. The summed E-state index contributed by atoms with van der Waals surface area (Å²) in [5.74, 6) is -0.578. The maximum absolute atomic E-state index is 13.4. The van der Waals surface area contributed by atoms with E-state index in [0.29, 0.717) is 6.54 Å². The highest BCUT2D eigenvalue weighted by Gasteiger charge is 2.30. The highest BCUT2D eigenvalue weighted by Crippen LogP contribution is 2.27. The number of nitrogens with zero attached hydrogens (tertiary/aromatic N) is 2. The fraction of sp³-hybridized carbons (Fsp3) is 0.391. The zero-order valence-electron chi connectivity index (χ0n) is 19.1. The minimum atomic E-state index is -3.82. The van der Waals surface area contributed by atoms with Gasteiger partial charge in [-0.05, 0) is 42.7 Å². The fourth-order valence-electron chi connectivity index (χ4n) is 3.07. The summed E-state index contributed by atoms with van der Waals surface area (Å²) in [6, 6.07) is 13.0. The Kier molecular flexibility index (Phi) is 9.75. The molecule has 0 radical (unpaired) electrons. The Labute approximate surface area is 209 Å². The molecule has 0 heterocycles. The third kappa shape index (κ3) is 8.01. The number of para-hydroxylation sites is 1. The van der Waals surface area contributed by atoms with Gasteiger partial charge in [-0.1, -0.05) is 65.6 Å². The molecule has 0 saturated heterocycles. The van der Waals surface area contributed by atoms with Crippen LogP contribution in [0.15, 0.2) is 53.0 Å². The normalized spacial score (nSPS) is 12.3. The molecule has 1 unspecified atom stereocenters. The average Bonchev–Trinajstić information content (AvgIpc) is 2.74. The molecule has 0 fully saturated rings. The molecule has 33 heavy (non-hydrogen) atoms. The van der Waals surface area contributed by atoms with Crippen molar-refractivity contribution in [2.75, 3.05) is 23.7 Å². The number of anilines is 1. The van der Waals surface area contributed by atoms with Crippen LogP contribution in [0.1, 0.15) is 26.3 Å². The number of benzene rings is 2. The topological polar surface area (TPSA) is 86.8 Å². The van der Waals surface area contributed by atoms with Crippen LogP contribution >= 0.6 is 27.5 Å². The first-order chi connectivity index (χ1) is 15.4. The van der Waals surface area contributed by atoms with Gasteiger partial charge in [0.05, 0.1) is 17.0 Å². The molecule has 0 aromatic heterocycles. The summed E-state index contributed by atoms with van der Waals surface area (Å²) in [4.78, 5) is 27.6. The molecule has 0 aliphatic carbocycles. The number of hydrogen-bond acceptors (Lipinski definition) is 4. The Bertz CT molecular complexity index is 1080. The molecule has 2 amide bonds. The maximum Gasteiger partial charge on any atom is 0.244 e. The fourth-order valence-corrected chi connectivity index (χ4v) is 4.48. The third-order valence-corrected chi connectivity index (χ3v) is 6.89. The predicted molar refractivity (Wildman–Crippen MR) is 136 cm³/mol. The van der Waals surface area contributed by atoms with E-state index in [2.05, 4.69) is 21.2 Å². The van der Waals surface area contributed by atoms with Gasteiger partial charge in [0.1, 0.15) is 12.6 Å². The van der Waals surface area contributed by atoms with Crippen molar-refractivity contribution in [2.45, 2.75) is 33.4 Å². The van der Waals surface area contributed by atoms with Crippen molar-refractivity contribution in [2.24, 2.45) is 5.92 Å². The number of rotatable bonds is 10. The van der Waals surface area contributed by atoms with Crippen LogP contribution in [-0.2, 0) is 26.2 Å². The lowest BCUT2D eigenvalue weighted by molar-refractivity contribution is -0.139. The van der Waals surface area contributed by atoms with Crippen LogP contribution in [0, 0.1) is 5.92 Å². The van der Waals surface area contributed by atoms with Gasteiger partial charge >= 0.3 is 0 Å². The van der Waals surface area contributed by atoms with E-state index in [1.807, 2.05) is 38.1 Å². The second-order valence-corrected chi connectivity index (χ2v) is 11.4. The van der Waals surface area contributed by atoms with Gasteiger partial charge in [-0.25, -0.2) is 8.42 Å². The standard InChI is InChI=1S/C23H29BrClN3O4S/c1-16(2)13-26-23(30)17(3)27(14-18-9-11-19(24)12-10-18)22(29)15-28(33(4,31)32)21-8-6-5-7-20(21)25/h5-12,16-17H,13-15H2,1-4H3,(H,26,30). The summed E-state index contributed by atoms with van der Waals surface area (Å²) >= 11 is 9.60. The van der Waals surface area contributed by atoms with Gasteiger partial charge in [0.25, 0.3) is 0 Å². The Balaban J connectivity index is 2.36. The van der Waals surface area contributed by atoms with Crippen LogP contribution in [0.5, 0.6) is 0 Å². The van der Waals surface area contributed by atoms with E-state index in [4.69, 9.17) is 11.6 Å². The van der Waals surface area contributed by atoms with Crippen LogP contribution in [-0.4, -0.2) is 50.5 Å². The highest BCUT2D eigenvalue weighted by atomic mass is 79.9. The SMILES string of the molecule is CC(C)CNC(=O)C(C)N(Cc1ccc(Br)cc1)C(=O)CN(c1ccccc1Cl)S(C)(=O)=O. The minimum Gasteiger partial charge on any atom is -0.354 e. The number of halogens is 2. The molecule has 0 aliphatic rings. The van der Waals surface area contributed by atoms with Crippen LogP contribution < -0.4 is 9.62 Å². The van der Waals surface area contributed by atoms with Crippen LogP contribution in [0.25, 0.3) is 0 Å². The van der Waals surface area contributed by atoms with Crippen molar-refractivity contribution >= 4 is 55.1 Å². The van der Waals surface area contributed by atoms with Gasteiger partial charge in [0.2, 0.25) is 21.8 Å². The zero-order valence-corrected chi connectivity index (χ0v) is 22.2. The summed E-state index contributed by atoms with van der Waals surface area (Å²) < 4.78 is 26.9. The molecule has 2 aromatic carbocycles. The number of amides is 2. The van der Waals surface area contributed by atoms with E-state index in [1.54, 1.807) is 25.1 Å². The van der Waals surface area contributed by atoms with Crippen molar-refractivity contribution in [1.29, 1.82) is 0 Å². The van der Waals surface area contributed by atoms with Gasteiger partial charge in [-0.15, -0.1) is 0 Å². The van der Waals surface area contributed by atoms with Gasteiger partial charge in [0.15, 0.2) is 0 Å². The van der Waals surface area contributed by atoms with Crippen molar-refractivity contribution in [1.82, 2.24) is 10.2 Å². The first-order valence-corrected chi connectivity index (χ1v) is 13.5. The van der Waals surface area contributed by atoms with E-state index < -0.39 is 28.5 Å². The van der Waals surface area contributed by atoms with Crippen molar-refractivity contribution in [3.05, 3.63) is 63.6 Å². The van der Waals surface area contributed by atoms with Crippen LogP contribution in [0.4, 0.5) is 5.69 Å². The molecule has 180 valence electrons. The lowest BCUT2D eigenvalue weighted by Gasteiger charge is -2.31. The molecular weight excluding hydrogens is 530 g/mol. The van der Waals surface area contributed by atoms with Crippen molar-refractivity contribution < 1.29 is 18.0 Å². The first-order valence-electron chi connectivity index (χ1n) is 10.4. The average molecular weight is 559 g/mol. The van der Waals surface area contributed by atoms with E-state index >= 15 is 0 Å². The predicted octanol–water partition coefficient (Wildman–Crippen LogP) is 4.06. The van der Waals surface area contributed by atoms with Crippen molar-refractivity contribution in [3.8, 4) is 0 Å². The number of sulfonamides is 1. The molecular formula is C23H29BrClN3O4S. The van der Waals surface area contributed by atoms with E-state index in [-0.39, 0.29) is 29.1 Å². The Morgan fingerprint density at radius 1 is 1.06 bits per heavy atom. The first kappa shape index (κ1) is 27.1. The lowest BCUT2D eigenvalue weighted by Crippen LogP contribution is -2.51. The Morgan fingerprint density at radius 3 is 2.21 bits per heavy atom. The highest BCUT2D eigenvalue weighted by molar-refractivity contribution is 9.10. The second-order valence-electron chi connectivity index (χ2n) is 8.18. The van der Waals surface area contributed by atoms with Gasteiger partial charge < -0.3 is 10.2 Å². The minimum absolute atomic E-state index is 0.141. The van der Waals surface area contributed by atoms with Crippen LogP contribution in [0.2, 0.25) is 5.02 Å². The molecule has 1 atom stereocenters. The molecule has 0 aliphatic heterocycles. The van der Waals surface area contributed by atoms with Gasteiger partial charge in [0, 0.05) is 17.6 Å². The lowest BCUT2D eigenvalue weighted by atomic mass is 10.1. The van der Waals surface area contributed by atoms with Gasteiger partial charge in [-0.3, -0.25) is 13.9 Å². The summed E-state index contributed by atoms with van der Waals surface area (Å²) in [7, 11) is -3.82. The summed E-state index contributed by atoms with van der Waals surface area (Å²) in [5.41, 5.74) is 1.01. The van der Waals surface area contributed by atoms with E-state index in [1.165, 1.54) is 11.0 Å². The molecule has 0 saturated carbocycles.